The van der Waals surface area contributed by atoms with Crippen molar-refractivity contribution in [1.82, 2.24) is 20.2 Å². The summed E-state index contributed by atoms with van der Waals surface area (Å²) in [6, 6.07) is 8.31. The van der Waals surface area contributed by atoms with E-state index in [1.54, 1.807) is 7.11 Å². The first kappa shape index (κ1) is 21.4. The maximum atomic E-state index is 12.6. The Labute approximate surface area is 183 Å². The molecule has 1 saturated carbocycles. The summed E-state index contributed by atoms with van der Waals surface area (Å²) in [5, 5.41) is 2.87. The molecule has 2 aromatic rings. The molecule has 1 aliphatic heterocycles. The third kappa shape index (κ3) is 5.07. The van der Waals surface area contributed by atoms with Crippen LogP contribution in [0.1, 0.15) is 48.0 Å². The van der Waals surface area contributed by atoms with E-state index in [2.05, 4.69) is 25.1 Å². The Hall–Kier alpha value is -2.87. The fraction of sp³-hybridized carbons (Fsp3) is 0.522. The average molecular weight is 425 g/mol. The van der Waals surface area contributed by atoms with E-state index in [4.69, 9.17) is 10.5 Å². The summed E-state index contributed by atoms with van der Waals surface area (Å²) >= 11 is 0. The normalized spacial score (nSPS) is 18.0. The number of piperazine rings is 1. The zero-order chi connectivity index (χ0) is 21.6. The number of nitrogens with one attached hydrogen (secondary N) is 1. The molecule has 31 heavy (non-hydrogen) atoms. The van der Waals surface area contributed by atoms with Gasteiger partial charge in [-0.15, -0.1) is 0 Å². The molecule has 0 unspecified atom stereocenters. The number of hydrogen-bond acceptors (Lipinski definition) is 7. The van der Waals surface area contributed by atoms with Crippen molar-refractivity contribution in [3.63, 3.8) is 0 Å². The molecule has 8 nitrogen and oxygen atoms in total. The largest absolute Gasteiger partial charge is 0.496 e. The highest BCUT2D eigenvalue weighted by Crippen LogP contribution is 2.24. The first-order chi connectivity index (χ1) is 15.2. The van der Waals surface area contributed by atoms with Crippen LogP contribution in [0.15, 0.2) is 30.5 Å². The molecule has 1 saturated heterocycles. The minimum atomic E-state index is -0.294. The van der Waals surface area contributed by atoms with Gasteiger partial charge in [0, 0.05) is 50.5 Å². The number of anilines is 2. The quantitative estimate of drug-likeness (QED) is 0.735. The van der Waals surface area contributed by atoms with Crippen molar-refractivity contribution in [2.45, 2.75) is 44.7 Å². The second kappa shape index (κ2) is 9.96. The number of nitrogens with two attached hydrogens (primary N) is 1. The van der Waals surface area contributed by atoms with Gasteiger partial charge in [-0.2, -0.15) is 4.98 Å². The van der Waals surface area contributed by atoms with Crippen molar-refractivity contribution in [2.75, 3.05) is 43.9 Å². The summed E-state index contributed by atoms with van der Waals surface area (Å²) in [7, 11) is 1.61. The molecule has 2 fully saturated rings. The molecule has 1 aromatic carbocycles. The second-order valence-corrected chi connectivity index (χ2v) is 8.28. The van der Waals surface area contributed by atoms with Gasteiger partial charge >= 0.3 is 0 Å². The van der Waals surface area contributed by atoms with Gasteiger partial charge in [0.15, 0.2) is 0 Å². The van der Waals surface area contributed by atoms with E-state index in [9.17, 15) is 4.79 Å². The number of nitrogen functional groups attached to an aromatic ring is 1. The van der Waals surface area contributed by atoms with Gasteiger partial charge in [0.2, 0.25) is 5.95 Å². The summed E-state index contributed by atoms with van der Waals surface area (Å²) in [5.41, 5.74) is 7.31. The predicted molar refractivity (Wildman–Crippen MR) is 121 cm³/mol. The van der Waals surface area contributed by atoms with Gasteiger partial charge in [-0.3, -0.25) is 9.69 Å². The number of ether oxygens (including phenoxy) is 1. The highest BCUT2D eigenvalue weighted by atomic mass is 16.5. The molecule has 0 atom stereocenters. The van der Waals surface area contributed by atoms with E-state index in [1.165, 1.54) is 38.3 Å². The Morgan fingerprint density at radius 1 is 1.16 bits per heavy atom. The minimum Gasteiger partial charge on any atom is -0.496 e. The van der Waals surface area contributed by atoms with E-state index in [0.29, 0.717) is 18.1 Å². The van der Waals surface area contributed by atoms with Crippen LogP contribution < -0.4 is 20.7 Å². The Morgan fingerprint density at radius 2 is 1.90 bits per heavy atom. The van der Waals surface area contributed by atoms with Crippen LogP contribution in [0.3, 0.4) is 0 Å². The number of benzene rings is 1. The van der Waals surface area contributed by atoms with Crippen LogP contribution in [0.5, 0.6) is 5.75 Å². The third-order valence-corrected chi connectivity index (χ3v) is 6.37. The van der Waals surface area contributed by atoms with Crippen molar-refractivity contribution < 1.29 is 9.53 Å². The lowest BCUT2D eigenvalue weighted by Crippen LogP contribution is -2.51. The maximum Gasteiger partial charge on any atom is 0.256 e. The average Bonchev–Trinajstić information content (AvgIpc) is 2.83. The molecule has 1 aliphatic carbocycles. The van der Waals surface area contributed by atoms with E-state index in [-0.39, 0.29) is 11.7 Å². The fourth-order valence-electron chi connectivity index (χ4n) is 4.57. The van der Waals surface area contributed by atoms with Crippen molar-refractivity contribution in [1.29, 1.82) is 0 Å². The smallest absolute Gasteiger partial charge is 0.256 e. The number of amides is 1. The molecule has 2 aliphatic rings. The molecular weight excluding hydrogens is 392 g/mol. The minimum absolute atomic E-state index is 0.206. The summed E-state index contributed by atoms with van der Waals surface area (Å²) in [6.45, 7) is 4.15. The number of methoxy groups -OCH3 is 1. The monoisotopic (exact) mass is 424 g/mol. The lowest BCUT2D eigenvalue weighted by molar-refractivity contribution is 0.0951. The molecule has 0 radical (unpaired) electrons. The van der Waals surface area contributed by atoms with Crippen LogP contribution in [-0.2, 0) is 6.54 Å². The van der Waals surface area contributed by atoms with Crippen LogP contribution in [0.2, 0.25) is 0 Å². The number of para-hydroxylation sites is 1. The Bertz CT molecular complexity index is 891. The first-order valence-corrected chi connectivity index (χ1v) is 11.2. The van der Waals surface area contributed by atoms with Gasteiger partial charge in [-0.1, -0.05) is 37.5 Å². The zero-order valence-electron chi connectivity index (χ0n) is 18.2. The molecule has 1 amide bonds. The third-order valence-electron chi connectivity index (χ3n) is 6.37. The van der Waals surface area contributed by atoms with E-state index >= 15 is 0 Å². The van der Waals surface area contributed by atoms with Crippen molar-refractivity contribution >= 4 is 17.7 Å². The number of aromatic nitrogens is 2. The van der Waals surface area contributed by atoms with Gasteiger partial charge < -0.3 is 20.7 Å². The van der Waals surface area contributed by atoms with Crippen LogP contribution in [0.4, 0.5) is 11.8 Å². The summed E-state index contributed by atoms with van der Waals surface area (Å²) < 4.78 is 5.33. The standard InChI is InChI=1S/C23H32N6O2/c1-31-20-10-6-5-7-17(20)15-25-22(30)19-16-26-23(27-21(19)24)29-13-11-28(12-14-29)18-8-3-2-4-9-18/h5-7,10,16,18H,2-4,8-9,11-15H2,1H3,(H,25,30)(H2,24,26,27). The summed E-state index contributed by atoms with van der Waals surface area (Å²) in [4.78, 5) is 26.3. The lowest BCUT2D eigenvalue weighted by Gasteiger charge is -2.40. The number of carbonyl (C=O) groups is 1. The molecule has 2 heterocycles. The van der Waals surface area contributed by atoms with E-state index in [0.717, 1.165) is 43.5 Å². The second-order valence-electron chi connectivity index (χ2n) is 8.28. The van der Waals surface area contributed by atoms with Crippen LogP contribution in [-0.4, -0.2) is 60.1 Å². The number of hydrogen-bond donors (Lipinski definition) is 2. The van der Waals surface area contributed by atoms with Crippen LogP contribution in [0, 0.1) is 0 Å². The molecule has 3 N–H and O–H groups in total. The number of rotatable bonds is 6. The van der Waals surface area contributed by atoms with Gasteiger partial charge in [0.1, 0.15) is 11.6 Å². The van der Waals surface area contributed by atoms with Gasteiger partial charge in [0.25, 0.3) is 5.91 Å². The van der Waals surface area contributed by atoms with E-state index in [1.807, 2.05) is 24.3 Å². The van der Waals surface area contributed by atoms with E-state index < -0.39 is 0 Å². The Balaban J connectivity index is 1.34. The Morgan fingerprint density at radius 3 is 2.61 bits per heavy atom. The molecule has 0 spiro atoms. The number of carbonyl (C=O) groups excluding carboxylic acids is 1. The topological polar surface area (TPSA) is 96.6 Å². The van der Waals surface area contributed by atoms with Gasteiger partial charge in [-0.05, 0) is 18.9 Å². The molecule has 8 heteroatoms. The maximum absolute atomic E-state index is 12.6. The SMILES string of the molecule is COc1ccccc1CNC(=O)c1cnc(N2CCN(C3CCCCC3)CC2)nc1N. The fourth-order valence-corrected chi connectivity index (χ4v) is 4.57. The molecule has 0 bridgehead atoms. The van der Waals surface area contributed by atoms with Gasteiger partial charge in [-0.25, -0.2) is 4.98 Å². The lowest BCUT2D eigenvalue weighted by atomic mass is 9.94. The Kier molecular flexibility index (Phi) is 6.86. The zero-order valence-corrected chi connectivity index (χ0v) is 18.2. The van der Waals surface area contributed by atoms with Crippen molar-refractivity contribution in [2.24, 2.45) is 0 Å². The van der Waals surface area contributed by atoms with Crippen molar-refractivity contribution in [3.8, 4) is 5.75 Å². The molecule has 166 valence electrons. The van der Waals surface area contributed by atoms with Crippen LogP contribution >= 0.6 is 0 Å². The molecular formula is C23H32N6O2. The first-order valence-electron chi connectivity index (χ1n) is 11.2. The predicted octanol–water partition coefficient (Wildman–Crippen LogP) is 2.45. The highest BCUT2D eigenvalue weighted by molar-refractivity contribution is 5.98. The van der Waals surface area contributed by atoms with Crippen molar-refractivity contribution in [3.05, 3.63) is 41.6 Å². The highest BCUT2D eigenvalue weighted by Gasteiger charge is 2.26. The molecule has 1 aromatic heterocycles. The number of nitrogens with zero attached hydrogens (tertiary/aromatic N) is 4. The molecule has 4 rings (SSSR count). The van der Waals surface area contributed by atoms with Crippen LogP contribution in [0.25, 0.3) is 0 Å². The van der Waals surface area contributed by atoms with Gasteiger partial charge in [0.05, 0.1) is 12.7 Å². The summed E-state index contributed by atoms with van der Waals surface area (Å²) in [6.07, 6.45) is 8.26. The summed E-state index contributed by atoms with van der Waals surface area (Å²) in [5.74, 6) is 1.24.